The molecule has 0 bridgehead atoms. The van der Waals surface area contributed by atoms with Crippen molar-refractivity contribution in [3.8, 4) is 0 Å². The molecule has 0 radical (unpaired) electrons. The minimum atomic E-state index is 0. The molecule has 0 N–H and O–H groups in total. The van der Waals surface area contributed by atoms with Crippen molar-refractivity contribution in [2.45, 2.75) is 94.9 Å². The van der Waals surface area contributed by atoms with Gasteiger partial charge in [-0.05, 0) is 23.6 Å². The van der Waals surface area contributed by atoms with E-state index in [0.29, 0.717) is 0 Å². The molecule has 25 heavy (non-hydrogen) atoms. The van der Waals surface area contributed by atoms with Crippen LogP contribution in [0.2, 0.25) is 0 Å². The van der Waals surface area contributed by atoms with Crippen molar-refractivity contribution in [3.63, 3.8) is 0 Å². The van der Waals surface area contributed by atoms with Gasteiger partial charge in [-0.15, -0.1) is 0 Å². The lowest BCUT2D eigenvalue weighted by molar-refractivity contribution is 0.620. The zero-order valence-electron chi connectivity index (χ0n) is 16.4. The number of benzene rings is 2. The van der Waals surface area contributed by atoms with Gasteiger partial charge in [-0.25, -0.2) is 0 Å². The van der Waals surface area contributed by atoms with Crippen molar-refractivity contribution in [2.24, 2.45) is 5.92 Å². The maximum absolute atomic E-state index is 2.27. The Morgan fingerprint density at radius 3 is 1.88 bits per heavy atom. The van der Waals surface area contributed by atoms with Gasteiger partial charge in [0.25, 0.3) is 0 Å². The molecule has 2 aromatic carbocycles. The average molecular weight is 347 g/mol. The summed E-state index contributed by atoms with van der Waals surface area (Å²) in [6, 6.07) is 14.9. The summed E-state index contributed by atoms with van der Waals surface area (Å²) in [6.45, 7) is 12.4. The Morgan fingerprint density at radius 2 is 1.36 bits per heavy atom. The SMILES string of the molecule is C.C.CC.CC.CCCCCC1CC1.Cc1ccc2ccccc2c1. The first-order valence-electron chi connectivity index (χ1n) is 9.75. The lowest BCUT2D eigenvalue weighted by Crippen LogP contribution is -1.75. The van der Waals surface area contributed by atoms with Gasteiger partial charge in [0, 0.05) is 0 Å². The largest absolute Gasteiger partial charge is 0.0776 e. The summed E-state index contributed by atoms with van der Waals surface area (Å²) in [4.78, 5) is 0. The van der Waals surface area contributed by atoms with Gasteiger partial charge in [-0.1, -0.05) is 136 Å². The van der Waals surface area contributed by atoms with E-state index in [0.717, 1.165) is 5.92 Å². The average Bonchev–Trinajstić information content (AvgIpc) is 3.44. The molecule has 0 heteroatoms. The predicted octanol–water partition coefficient (Wildman–Crippen LogP) is 9.45. The minimum Gasteiger partial charge on any atom is -0.0776 e. The van der Waals surface area contributed by atoms with Gasteiger partial charge in [-0.2, -0.15) is 0 Å². The van der Waals surface area contributed by atoms with Crippen LogP contribution in [0.3, 0.4) is 0 Å². The summed E-state index contributed by atoms with van der Waals surface area (Å²) in [7, 11) is 0. The van der Waals surface area contributed by atoms with E-state index in [1.807, 2.05) is 27.7 Å². The normalized spacial score (nSPS) is 11.1. The van der Waals surface area contributed by atoms with E-state index < -0.39 is 0 Å². The van der Waals surface area contributed by atoms with E-state index in [1.54, 1.807) is 0 Å². The summed E-state index contributed by atoms with van der Waals surface area (Å²) in [5.74, 6) is 1.15. The molecule has 146 valence electrons. The number of rotatable bonds is 4. The Hall–Kier alpha value is -1.30. The van der Waals surface area contributed by atoms with Crippen LogP contribution in [0.15, 0.2) is 42.5 Å². The van der Waals surface area contributed by atoms with Gasteiger partial charge >= 0.3 is 0 Å². The van der Waals surface area contributed by atoms with Crippen LogP contribution in [0, 0.1) is 12.8 Å². The Bertz CT molecular complexity index is 494. The highest BCUT2D eigenvalue weighted by Gasteiger charge is 2.19. The first-order chi connectivity index (χ1) is 11.3. The summed E-state index contributed by atoms with van der Waals surface area (Å²) in [6.07, 6.45) is 8.91. The second-order valence-electron chi connectivity index (χ2n) is 5.79. The lowest BCUT2D eigenvalue weighted by Gasteiger charge is -1.96. The number of unbranched alkanes of at least 4 members (excludes halogenated alkanes) is 2. The van der Waals surface area contributed by atoms with E-state index in [9.17, 15) is 0 Å². The molecule has 0 spiro atoms. The summed E-state index contributed by atoms with van der Waals surface area (Å²) >= 11 is 0. The van der Waals surface area contributed by atoms with Crippen molar-refractivity contribution in [1.29, 1.82) is 0 Å². The molecule has 1 saturated carbocycles. The van der Waals surface area contributed by atoms with E-state index >= 15 is 0 Å². The van der Waals surface area contributed by atoms with Crippen LogP contribution < -0.4 is 0 Å². The molecular weight excluding hydrogens is 300 g/mol. The van der Waals surface area contributed by atoms with Crippen molar-refractivity contribution >= 4 is 10.8 Å². The van der Waals surface area contributed by atoms with Gasteiger partial charge in [0.2, 0.25) is 0 Å². The van der Waals surface area contributed by atoms with Crippen LogP contribution in [-0.4, -0.2) is 0 Å². The number of aryl methyl sites for hydroxylation is 1. The number of hydrogen-bond donors (Lipinski definition) is 0. The van der Waals surface area contributed by atoms with Crippen molar-refractivity contribution < 1.29 is 0 Å². The fourth-order valence-corrected chi connectivity index (χ4v) is 2.40. The third kappa shape index (κ3) is 13.6. The molecule has 0 saturated heterocycles. The monoisotopic (exact) mass is 346 g/mol. The van der Waals surface area contributed by atoms with Crippen molar-refractivity contribution in [2.75, 3.05) is 0 Å². The van der Waals surface area contributed by atoms with E-state index in [2.05, 4.69) is 56.3 Å². The van der Waals surface area contributed by atoms with Crippen LogP contribution in [-0.2, 0) is 0 Å². The first kappa shape index (κ1) is 28.5. The van der Waals surface area contributed by atoms with Crippen LogP contribution in [0.5, 0.6) is 0 Å². The first-order valence-corrected chi connectivity index (χ1v) is 9.75. The highest BCUT2D eigenvalue weighted by molar-refractivity contribution is 5.82. The third-order valence-corrected chi connectivity index (χ3v) is 3.82. The summed E-state index contributed by atoms with van der Waals surface area (Å²) in [5, 5.41) is 2.64. The second-order valence-corrected chi connectivity index (χ2v) is 5.79. The quantitative estimate of drug-likeness (QED) is 0.483. The summed E-state index contributed by atoms with van der Waals surface area (Å²) < 4.78 is 0. The summed E-state index contributed by atoms with van der Waals surface area (Å²) in [5.41, 5.74) is 1.32. The molecule has 0 atom stereocenters. The van der Waals surface area contributed by atoms with Gasteiger partial charge in [-0.3, -0.25) is 0 Å². The Kier molecular flexibility index (Phi) is 21.7. The standard InChI is InChI=1S/C11H10.C8H16.2C2H6.2CH4/c1-9-6-7-10-4-2-3-5-11(10)8-9;1-2-3-4-5-8-6-7-8;2*1-2;;/h2-8H,1H3;8H,2-7H2,1H3;2*1-2H3;2*1H4. The van der Waals surface area contributed by atoms with Crippen molar-refractivity contribution in [1.82, 2.24) is 0 Å². The van der Waals surface area contributed by atoms with E-state index in [1.165, 1.54) is 54.9 Å². The fraction of sp³-hybridized carbons (Fsp3) is 0.600. The van der Waals surface area contributed by atoms with Gasteiger partial charge in [0.1, 0.15) is 0 Å². The third-order valence-electron chi connectivity index (χ3n) is 3.82. The zero-order chi connectivity index (χ0) is 17.5. The number of fused-ring (bicyclic) bond motifs is 1. The molecule has 2 aromatic rings. The van der Waals surface area contributed by atoms with Crippen LogP contribution >= 0.6 is 0 Å². The second kappa shape index (κ2) is 19.0. The maximum atomic E-state index is 2.27. The van der Waals surface area contributed by atoms with Crippen LogP contribution in [0.25, 0.3) is 10.8 Å². The van der Waals surface area contributed by atoms with E-state index in [4.69, 9.17) is 0 Å². The van der Waals surface area contributed by atoms with Gasteiger partial charge < -0.3 is 0 Å². The molecule has 0 heterocycles. The van der Waals surface area contributed by atoms with Crippen LogP contribution in [0.4, 0.5) is 0 Å². The Morgan fingerprint density at radius 1 is 0.800 bits per heavy atom. The van der Waals surface area contributed by atoms with Gasteiger partial charge in [0.15, 0.2) is 0 Å². The maximum Gasteiger partial charge on any atom is -0.0181 e. The fourth-order valence-electron chi connectivity index (χ4n) is 2.40. The molecule has 1 aliphatic rings. The molecule has 0 unspecified atom stereocenters. The molecule has 0 aromatic heterocycles. The van der Waals surface area contributed by atoms with E-state index in [-0.39, 0.29) is 14.9 Å². The Balaban J connectivity index is -0.000000311. The zero-order valence-corrected chi connectivity index (χ0v) is 16.4. The predicted molar refractivity (Wildman–Crippen MR) is 122 cm³/mol. The molecule has 1 aliphatic carbocycles. The lowest BCUT2D eigenvalue weighted by atomic mass is 10.1. The molecular formula is C25H46. The molecule has 3 rings (SSSR count). The van der Waals surface area contributed by atoms with Crippen molar-refractivity contribution in [3.05, 3.63) is 48.0 Å². The number of hydrogen-bond acceptors (Lipinski definition) is 0. The minimum absolute atomic E-state index is 0. The topological polar surface area (TPSA) is 0 Å². The smallest absolute Gasteiger partial charge is 0.0181 e. The molecule has 0 amide bonds. The van der Waals surface area contributed by atoms with Crippen LogP contribution in [0.1, 0.15) is 93.6 Å². The highest BCUT2D eigenvalue weighted by Crippen LogP contribution is 2.33. The highest BCUT2D eigenvalue weighted by atomic mass is 14.2. The van der Waals surface area contributed by atoms with Gasteiger partial charge in [0.05, 0.1) is 0 Å². The molecule has 1 fully saturated rings. The molecule has 0 nitrogen and oxygen atoms in total. The Labute approximate surface area is 160 Å². The molecule has 0 aliphatic heterocycles.